The molecule has 2 fully saturated rings. The summed E-state index contributed by atoms with van der Waals surface area (Å²) < 4.78 is 26.0. The van der Waals surface area contributed by atoms with Crippen molar-refractivity contribution in [1.29, 1.82) is 0 Å². The SMILES string of the molecule is Nc1nnc(S(=O)(=O)N2CC3CCC2C3)s1. The molecule has 1 aliphatic carbocycles. The number of anilines is 1. The van der Waals surface area contributed by atoms with Gasteiger partial charge in [0.15, 0.2) is 0 Å². The highest BCUT2D eigenvalue weighted by atomic mass is 32.2. The molecule has 1 aromatic heterocycles. The number of nitrogen functional groups attached to an aromatic ring is 1. The lowest BCUT2D eigenvalue weighted by molar-refractivity contribution is 0.333. The molecule has 2 atom stereocenters. The van der Waals surface area contributed by atoms with Crippen molar-refractivity contribution >= 4 is 26.5 Å². The Kier molecular flexibility index (Phi) is 2.20. The molecule has 0 spiro atoms. The van der Waals surface area contributed by atoms with Gasteiger partial charge in [0.1, 0.15) is 0 Å². The van der Waals surface area contributed by atoms with Gasteiger partial charge in [-0.05, 0) is 25.2 Å². The van der Waals surface area contributed by atoms with Gasteiger partial charge in [-0.15, -0.1) is 10.2 Å². The zero-order chi connectivity index (χ0) is 11.3. The van der Waals surface area contributed by atoms with E-state index in [4.69, 9.17) is 5.73 Å². The van der Waals surface area contributed by atoms with Crippen molar-refractivity contribution in [3.63, 3.8) is 0 Å². The maximum absolute atomic E-state index is 12.2. The summed E-state index contributed by atoms with van der Waals surface area (Å²) in [5.74, 6) is 0.532. The predicted molar refractivity (Wildman–Crippen MR) is 59.3 cm³/mol. The number of hydrogen-bond acceptors (Lipinski definition) is 6. The fourth-order valence-corrected chi connectivity index (χ4v) is 5.24. The summed E-state index contributed by atoms with van der Waals surface area (Å²) in [5.41, 5.74) is 5.41. The number of rotatable bonds is 2. The Morgan fingerprint density at radius 2 is 2.19 bits per heavy atom. The summed E-state index contributed by atoms with van der Waals surface area (Å²) in [5, 5.41) is 7.38. The van der Waals surface area contributed by atoms with Crippen LogP contribution in [0.3, 0.4) is 0 Å². The predicted octanol–water partition coefficient (Wildman–Crippen LogP) is 0.293. The second-order valence-corrected chi connectivity index (χ2v) is 7.39. The fraction of sp³-hybridized carbons (Fsp3) is 0.750. The molecule has 0 amide bonds. The Hall–Kier alpha value is -0.730. The Morgan fingerprint density at radius 3 is 2.69 bits per heavy atom. The maximum atomic E-state index is 12.2. The summed E-state index contributed by atoms with van der Waals surface area (Å²) in [4.78, 5) is 0. The van der Waals surface area contributed by atoms with Gasteiger partial charge in [0, 0.05) is 12.6 Å². The van der Waals surface area contributed by atoms with Crippen LogP contribution >= 0.6 is 11.3 Å². The van der Waals surface area contributed by atoms with E-state index in [1.165, 1.54) is 0 Å². The van der Waals surface area contributed by atoms with Gasteiger partial charge in [-0.1, -0.05) is 11.3 Å². The standard InChI is InChI=1S/C8H12N4O2S2/c9-7-10-11-8(15-7)16(13,14)12-4-5-1-2-6(12)3-5/h5-6H,1-4H2,(H2,9,10). The molecule has 1 aromatic rings. The number of hydrogen-bond donors (Lipinski definition) is 1. The minimum atomic E-state index is -3.45. The third kappa shape index (κ3) is 1.44. The molecule has 2 N–H and O–H groups in total. The lowest BCUT2D eigenvalue weighted by atomic mass is 10.1. The van der Waals surface area contributed by atoms with Crippen molar-refractivity contribution in [2.75, 3.05) is 12.3 Å². The van der Waals surface area contributed by atoms with Crippen LogP contribution in [0.15, 0.2) is 4.34 Å². The van der Waals surface area contributed by atoms with Crippen LogP contribution in [-0.4, -0.2) is 35.5 Å². The largest absolute Gasteiger partial charge is 0.374 e. The van der Waals surface area contributed by atoms with Gasteiger partial charge >= 0.3 is 0 Å². The zero-order valence-corrected chi connectivity index (χ0v) is 10.2. The molecule has 8 heteroatoms. The molecule has 88 valence electrons. The van der Waals surface area contributed by atoms with Gasteiger partial charge in [-0.25, -0.2) is 8.42 Å². The summed E-state index contributed by atoms with van der Waals surface area (Å²) in [6.07, 6.45) is 3.11. The van der Waals surface area contributed by atoms with E-state index in [-0.39, 0.29) is 15.5 Å². The minimum Gasteiger partial charge on any atom is -0.374 e. The minimum absolute atomic E-state index is 0.0255. The van der Waals surface area contributed by atoms with E-state index in [0.717, 1.165) is 30.6 Å². The second-order valence-electron chi connectivity index (χ2n) is 4.31. The molecule has 1 saturated carbocycles. The first-order valence-electron chi connectivity index (χ1n) is 5.18. The number of aromatic nitrogens is 2. The smallest absolute Gasteiger partial charge is 0.272 e. The fourth-order valence-electron chi connectivity index (χ4n) is 2.60. The van der Waals surface area contributed by atoms with Gasteiger partial charge in [0.25, 0.3) is 10.0 Å². The van der Waals surface area contributed by atoms with Gasteiger partial charge in [0.2, 0.25) is 9.47 Å². The highest BCUT2D eigenvalue weighted by molar-refractivity contribution is 7.91. The molecule has 2 unspecified atom stereocenters. The van der Waals surface area contributed by atoms with E-state index in [1.54, 1.807) is 4.31 Å². The van der Waals surface area contributed by atoms with Gasteiger partial charge < -0.3 is 5.73 Å². The first-order valence-corrected chi connectivity index (χ1v) is 7.44. The molecule has 2 aliphatic rings. The van der Waals surface area contributed by atoms with Crippen LogP contribution in [0.2, 0.25) is 0 Å². The molecule has 3 rings (SSSR count). The zero-order valence-electron chi connectivity index (χ0n) is 8.54. The highest BCUT2D eigenvalue weighted by Gasteiger charge is 2.45. The third-order valence-corrected chi connectivity index (χ3v) is 6.33. The molecule has 0 radical (unpaired) electrons. The van der Waals surface area contributed by atoms with Crippen LogP contribution in [-0.2, 0) is 10.0 Å². The summed E-state index contributed by atoms with van der Waals surface area (Å²) >= 11 is 0.935. The summed E-state index contributed by atoms with van der Waals surface area (Å²) in [7, 11) is -3.45. The van der Waals surface area contributed by atoms with E-state index in [9.17, 15) is 8.42 Å². The number of nitrogens with two attached hydrogens (primary N) is 1. The molecule has 16 heavy (non-hydrogen) atoms. The summed E-state index contributed by atoms with van der Waals surface area (Å²) in [6, 6.07) is 0.167. The maximum Gasteiger partial charge on any atom is 0.272 e. The van der Waals surface area contributed by atoms with Crippen LogP contribution in [0.1, 0.15) is 19.3 Å². The molecular weight excluding hydrogens is 248 g/mol. The van der Waals surface area contributed by atoms with Crippen LogP contribution in [0.4, 0.5) is 5.13 Å². The van der Waals surface area contributed by atoms with Crippen molar-refractivity contribution in [2.24, 2.45) is 5.92 Å². The van der Waals surface area contributed by atoms with Crippen molar-refractivity contribution < 1.29 is 8.42 Å². The van der Waals surface area contributed by atoms with Crippen LogP contribution < -0.4 is 5.73 Å². The molecule has 1 aliphatic heterocycles. The molecule has 6 nitrogen and oxygen atoms in total. The quantitative estimate of drug-likeness (QED) is 0.825. The molecular formula is C8H12N4O2S2. The van der Waals surface area contributed by atoms with E-state index in [0.29, 0.717) is 12.5 Å². The third-order valence-electron chi connectivity index (χ3n) is 3.31. The van der Waals surface area contributed by atoms with E-state index < -0.39 is 10.0 Å². The van der Waals surface area contributed by atoms with Crippen LogP contribution in [0.25, 0.3) is 0 Å². The Labute approximate surface area is 97.5 Å². The van der Waals surface area contributed by atoms with E-state index in [1.807, 2.05) is 0 Å². The highest BCUT2D eigenvalue weighted by Crippen LogP contribution is 2.40. The Bertz CT molecular complexity index is 512. The summed E-state index contributed by atoms with van der Waals surface area (Å²) in [6.45, 7) is 0.631. The first kappa shape index (κ1) is 10.4. The number of nitrogens with zero attached hydrogens (tertiary/aromatic N) is 3. The van der Waals surface area contributed by atoms with E-state index >= 15 is 0 Å². The van der Waals surface area contributed by atoms with Gasteiger partial charge in [-0.3, -0.25) is 0 Å². The number of fused-ring (bicyclic) bond motifs is 2. The van der Waals surface area contributed by atoms with Crippen molar-refractivity contribution in [3.05, 3.63) is 0 Å². The van der Waals surface area contributed by atoms with Crippen molar-refractivity contribution in [1.82, 2.24) is 14.5 Å². The normalized spacial score (nSPS) is 30.0. The molecule has 2 bridgehead atoms. The average molecular weight is 260 g/mol. The van der Waals surface area contributed by atoms with Crippen molar-refractivity contribution in [3.8, 4) is 0 Å². The second kappa shape index (κ2) is 3.38. The number of sulfonamides is 1. The average Bonchev–Trinajstić information content (AvgIpc) is 2.91. The van der Waals surface area contributed by atoms with Gasteiger partial charge in [-0.2, -0.15) is 4.31 Å². The van der Waals surface area contributed by atoms with Crippen LogP contribution in [0.5, 0.6) is 0 Å². The lowest BCUT2D eigenvalue weighted by Gasteiger charge is -2.24. The Morgan fingerprint density at radius 1 is 1.38 bits per heavy atom. The monoisotopic (exact) mass is 260 g/mol. The van der Waals surface area contributed by atoms with Crippen molar-refractivity contribution in [2.45, 2.75) is 29.6 Å². The molecule has 1 saturated heterocycles. The van der Waals surface area contributed by atoms with E-state index in [2.05, 4.69) is 10.2 Å². The first-order chi connectivity index (χ1) is 7.57. The van der Waals surface area contributed by atoms with Gasteiger partial charge in [0.05, 0.1) is 0 Å². The molecule has 2 heterocycles. The Balaban J connectivity index is 1.94. The molecule has 0 aromatic carbocycles. The van der Waals surface area contributed by atoms with Crippen LogP contribution in [0, 0.1) is 5.92 Å². The topological polar surface area (TPSA) is 89.2 Å². The lowest BCUT2D eigenvalue weighted by Crippen LogP contribution is -2.37. The number of piperidine rings is 1.